The van der Waals surface area contributed by atoms with Crippen molar-refractivity contribution in [2.24, 2.45) is 5.92 Å². The van der Waals surface area contributed by atoms with Crippen molar-refractivity contribution in [3.8, 4) is 0 Å². The second-order valence-corrected chi connectivity index (χ2v) is 5.90. The van der Waals surface area contributed by atoms with Gasteiger partial charge in [0, 0.05) is 6.04 Å². The lowest BCUT2D eigenvalue weighted by molar-refractivity contribution is -0.150. The molecular formula is C14H25NO4. The Morgan fingerprint density at radius 3 is 2.42 bits per heavy atom. The quantitative estimate of drug-likeness (QED) is 0.801. The van der Waals surface area contributed by atoms with Crippen molar-refractivity contribution in [3.05, 3.63) is 0 Å². The number of ether oxygens (including phenoxy) is 2. The zero-order valence-corrected chi connectivity index (χ0v) is 12.3. The Kier molecular flexibility index (Phi) is 5.63. The fourth-order valence-corrected chi connectivity index (χ4v) is 2.29. The van der Waals surface area contributed by atoms with Crippen LogP contribution in [-0.4, -0.2) is 30.3 Å². The van der Waals surface area contributed by atoms with Crippen molar-refractivity contribution in [1.82, 2.24) is 5.32 Å². The summed E-state index contributed by atoms with van der Waals surface area (Å²) in [4.78, 5) is 23.6. The zero-order valence-electron chi connectivity index (χ0n) is 12.3. The van der Waals surface area contributed by atoms with Crippen molar-refractivity contribution >= 4 is 12.1 Å². The SMILES string of the molecule is CCOC(=O)[C@@H]1CCCCC1NC(=O)OC(C)(C)C. The molecule has 1 aliphatic rings. The monoisotopic (exact) mass is 271 g/mol. The Hall–Kier alpha value is -1.26. The molecular weight excluding hydrogens is 246 g/mol. The second kappa shape index (κ2) is 6.78. The molecule has 0 saturated heterocycles. The number of rotatable bonds is 3. The van der Waals surface area contributed by atoms with E-state index in [2.05, 4.69) is 5.32 Å². The van der Waals surface area contributed by atoms with Crippen LogP contribution in [0.5, 0.6) is 0 Å². The van der Waals surface area contributed by atoms with Crippen molar-refractivity contribution in [2.45, 2.75) is 65.0 Å². The maximum absolute atomic E-state index is 11.9. The Bertz CT molecular complexity index is 322. The van der Waals surface area contributed by atoms with Gasteiger partial charge < -0.3 is 14.8 Å². The first-order valence-corrected chi connectivity index (χ1v) is 6.99. The van der Waals surface area contributed by atoms with Gasteiger partial charge in [0.15, 0.2) is 0 Å². The molecule has 1 saturated carbocycles. The lowest BCUT2D eigenvalue weighted by Crippen LogP contribution is -2.47. The molecule has 0 bridgehead atoms. The summed E-state index contributed by atoms with van der Waals surface area (Å²) < 4.78 is 10.3. The van der Waals surface area contributed by atoms with Crippen molar-refractivity contribution in [3.63, 3.8) is 0 Å². The topological polar surface area (TPSA) is 64.6 Å². The molecule has 1 aliphatic carbocycles. The van der Waals surface area contributed by atoms with E-state index in [-0.39, 0.29) is 17.9 Å². The van der Waals surface area contributed by atoms with Crippen LogP contribution in [-0.2, 0) is 14.3 Å². The van der Waals surface area contributed by atoms with Gasteiger partial charge in [-0.3, -0.25) is 4.79 Å². The minimum Gasteiger partial charge on any atom is -0.466 e. The first kappa shape index (κ1) is 15.8. The van der Waals surface area contributed by atoms with Crippen LogP contribution in [0.2, 0.25) is 0 Å². The normalized spacial score (nSPS) is 23.6. The van der Waals surface area contributed by atoms with Crippen molar-refractivity contribution in [1.29, 1.82) is 0 Å². The molecule has 0 spiro atoms. The first-order valence-electron chi connectivity index (χ1n) is 6.99. The van der Waals surface area contributed by atoms with Gasteiger partial charge in [-0.2, -0.15) is 0 Å². The predicted molar refractivity (Wildman–Crippen MR) is 71.7 cm³/mol. The average molecular weight is 271 g/mol. The van der Waals surface area contributed by atoms with Gasteiger partial charge in [-0.15, -0.1) is 0 Å². The first-order chi connectivity index (χ1) is 8.83. The van der Waals surface area contributed by atoms with Gasteiger partial charge >= 0.3 is 12.1 Å². The van der Waals surface area contributed by atoms with Crippen LogP contribution in [0.4, 0.5) is 4.79 Å². The molecule has 1 N–H and O–H groups in total. The van der Waals surface area contributed by atoms with Gasteiger partial charge in [0.1, 0.15) is 5.60 Å². The molecule has 0 aromatic heterocycles. The van der Waals surface area contributed by atoms with Crippen LogP contribution in [0, 0.1) is 5.92 Å². The lowest BCUT2D eigenvalue weighted by atomic mass is 9.84. The van der Waals surface area contributed by atoms with Crippen LogP contribution in [0.1, 0.15) is 53.4 Å². The van der Waals surface area contributed by atoms with E-state index in [1.165, 1.54) is 0 Å². The van der Waals surface area contributed by atoms with E-state index in [0.717, 1.165) is 25.7 Å². The Labute approximate surface area is 115 Å². The van der Waals surface area contributed by atoms with Crippen LogP contribution in [0.3, 0.4) is 0 Å². The van der Waals surface area contributed by atoms with E-state index in [1.807, 2.05) is 20.8 Å². The number of alkyl carbamates (subject to hydrolysis) is 1. The number of amides is 1. The molecule has 0 heterocycles. The molecule has 0 radical (unpaired) electrons. The number of esters is 1. The highest BCUT2D eigenvalue weighted by molar-refractivity contribution is 5.75. The molecule has 2 atom stereocenters. The molecule has 0 aromatic carbocycles. The third-order valence-corrected chi connectivity index (χ3v) is 3.06. The summed E-state index contributed by atoms with van der Waals surface area (Å²) in [5.41, 5.74) is -0.530. The largest absolute Gasteiger partial charge is 0.466 e. The van der Waals surface area contributed by atoms with E-state index in [9.17, 15) is 9.59 Å². The molecule has 1 fully saturated rings. The molecule has 5 nitrogen and oxygen atoms in total. The van der Waals surface area contributed by atoms with Crippen LogP contribution in [0.25, 0.3) is 0 Å². The summed E-state index contributed by atoms with van der Waals surface area (Å²) >= 11 is 0. The van der Waals surface area contributed by atoms with Gasteiger partial charge in [0.05, 0.1) is 12.5 Å². The Morgan fingerprint density at radius 1 is 1.21 bits per heavy atom. The Morgan fingerprint density at radius 2 is 1.84 bits per heavy atom. The summed E-state index contributed by atoms with van der Waals surface area (Å²) in [6, 6.07) is -0.178. The predicted octanol–water partition coefficient (Wildman–Crippen LogP) is 2.63. The molecule has 110 valence electrons. The molecule has 0 aliphatic heterocycles. The van der Waals surface area contributed by atoms with Gasteiger partial charge in [0.25, 0.3) is 0 Å². The third-order valence-electron chi connectivity index (χ3n) is 3.06. The van der Waals surface area contributed by atoms with Gasteiger partial charge in [-0.25, -0.2) is 4.79 Å². The highest BCUT2D eigenvalue weighted by Crippen LogP contribution is 2.26. The maximum Gasteiger partial charge on any atom is 0.407 e. The van der Waals surface area contributed by atoms with E-state index < -0.39 is 11.7 Å². The molecule has 5 heteroatoms. The van der Waals surface area contributed by atoms with Gasteiger partial charge in [-0.05, 0) is 40.5 Å². The number of hydrogen-bond donors (Lipinski definition) is 1. The lowest BCUT2D eigenvalue weighted by Gasteiger charge is -2.31. The van der Waals surface area contributed by atoms with E-state index in [4.69, 9.17) is 9.47 Å². The van der Waals surface area contributed by atoms with Gasteiger partial charge in [0.2, 0.25) is 0 Å². The highest BCUT2D eigenvalue weighted by Gasteiger charge is 2.33. The summed E-state index contributed by atoms with van der Waals surface area (Å²) in [6.07, 6.45) is 3.10. The summed E-state index contributed by atoms with van der Waals surface area (Å²) in [7, 11) is 0. The fraction of sp³-hybridized carbons (Fsp3) is 0.857. The average Bonchev–Trinajstić information content (AvgIpc) is 2.27. The fourth-order valence-electron chi connectivity index (χ4n) is 2.29. The number of carbonyl (C=O) groups is 2. The summed E-state index contributed by atoms with van der Waals surface area (Å²) in [6.45, 7) is 7.61. The highest BCUT2D eigenvalue weighted by atomic mass is 16.6. The molecule has 19 heavy (non-hydrogen) atoms. The van der Waals surface area contributed by atoms with Gasteiger partial charge in [-0.1, -0.05) is 12.8 Å². The molecule has 1 unspecified atom stereocenters. The standard InChI is InChI=1S/C14H25NO4/c1-5-18-12(16)10-8-6-7-9-11(10)15-13(17)19-14(2,3)4/h10-11H,5-9H2,1-4H3,(H,15,17)/t10-,11?/m1/s1. The molecule has 1 amide bonds. The smallest absolute Gasteiger partial charge is 0.407 e. The maximum atomic E-state index is 11.9. The van der Waals surface area contributed by atoms with E-state index >= 15 is 0 Å². The number of carbonyl (C=O) groups excluding carboxylic acids is 2. The number of nitrogens with one attached hydrogen (secondary N) is 1. The Balaban J connectivity index is 2.57. The number of hydrogen-bond acceptors (Lipinski definition) is 4. The third kappa shape index (κ3) is 5.49. The van der Waals surface area contributed by atoms with Crippen LogP contribution < -0.4 is 5.32 Å². The molecule has 0 aromatic rings. The zero-order chi connectivity index (χ0) is 14.5. The van der Waals surface area contributed by atoms with E-state index in [0.29, 0.717) is 6.61 Å². The summed E-state index contributed by atoms with van der Waals surface area (Å²) in [5.74, 6) is -0.468. The minimum absolute atomic E-state index is 0.178. The second-order valence-electron chi connectivity index (χ2n) is 5.90. The van der Waals surface area contributed by atoms with Crippen molar-refractivity contribution < 1.29 is 19.1 Å². The van der Waals surface area contributed by atoms with E-state index in [1.54, 1.807) is 6.92 Å². The summed E-state index contributed by atoms with van der Waals surface area (Å²) in [5, 5.41) is 2.80. The van der Waals surface area contributed by atoms with Crippen LogP contribution in [0.15, 0.2) is 0 Å². The minimum atomic E-state index is -0.530. The molecule has 1 rings (SSSR count). The van der Waals surface area contributed by atoms with Crippen molar-refractivity contribution in [2.75, 3.05) is 6.61 Å². The van der Waals surface area contributed by atoms with Crippen LogP contribution >= 0.6 is 0 Å².